The number of nitrogens with zero attached hydrogens (tertiary/aromatic N) is 2. The molecule has 0 N–H and O–H groups in total. The Kier molecular flexibility index (Phi) is 5.01. The second kappa shape index (κ2) is 6.08. The lowest BCUT2D eigenvalue weighted by molar-refractivity contribution is -0.117. The van der Waals surface area contributed by atoms with Gasteiger partial charge < -0.3 is 0 Å². The standard InChI is InChI=1S/C10H8Br2Cl2N2O3S/c11-6-2-15-10(8(12)9(6)13)16-3-5(1-7(16)17)4-20(14,18)19/h2,5H,1,3-4H2. The second-order valence-electron chi connectivity index (χ2n) is 4.34. The Labute approximate surface area is 142 Å². The Morgan fingerprint density at radius 2 is 2.10 bits per heavy atom. The Balaban J connectivity index is 2.27. The zero-order valence-electron chi connectivity index (χ0n) is 9.82. The Hall–Kier alpha value is 0.110. The number of carbonyl (C=O) groups is 1. The van der Waals surface area contributed by atoms with Crippen molar-refractivity contribution in [1.29, 1.82) is 0 Å². The van der Waals surface area contributed by atoms with Gasteiger partial charge in [-0.2, -0.15) is 0 Å². The summed E-state index contributed by atoms with van der Waals surface area (Å²) in [5.74, 6) is -0.417. The smallest absolute Gasteiger partial charge is 0.232 e. The van der Waals surface area contributed by atoms with E-state index in [-0.39, 0.29) is 30.5 Å². The summed E-state index contributed by atoms with van der Waals surface area (Å²) in [7, 11) is 1.59. The van der Waals surface area contributed by atoms with Gasteiger partial charge in [-0.25, -0.2) is 13.4 Å². The van der Waals surface area contributed by atoms with Crippen LogP contribution in [0, 0.1) is 5.92 Å². The minimum absolute atomic E-state index is 0.119. The lowest BCUT2D eigenvalue weighted by Crippen LogP contribution is -2.26. The summed E-state index contributed by atoms with van der Waals surface area (Å²) in [5, 5.41) is 0.399. The van der Waals surface area contributed by atoms with Crippen molar-refractivity contribution in [2.45, 2.75) is 6.42 Å². The highest BCUT2D eigenvalue weighted by Crippen LogP contribution is 2.38. The van der Waals surface area contributed by atoms with E-state index < -0.39 is 9.05 Å². The third kappa shape index (κ3) is 3.65. The number of carbonyl (C=O) groups excluding carboxylic acids is 1. The molecule has 1 amide bonds. The van der Waals surface area contributed by atoms with Crippen LogP contribution in [0.2, 0.25) is 5.02 Å². The molecule has 2 rings (SSSR count). The van der Waals surface area contributed by atoms with E-state index in [1.165, 1.54) is 11.1 Å². The molecule has 110 valence electrons. The quantitative estimate of drug-likeness (QED) is 0.642. The topological polar surface area (TPSA) is 67.3 Å². The lowest BCUT2D eigenvalue weighted by Gasteiger charge is -2.17. The van der Waals surface area contributed by atoms with E-state index in [4.69, 9.17) is 22.3 Å². The van der Waals surface area contributed by atoms with Crippen molar-refractivity contribution < 1.29 is 13.2 Å². The number of hydrogen-bond donors (Lipinski definition) is 0. The summed E-state index contributed by atoms with van der Waals surface area (Å²) in [6.45, 7) is 0.244. The Morgan fingerprint density at radius 1 is 1.45 bits per heavy atom. The SMILES string of the molecule is O=C1CC(CS(=O)(=O)Cl)CN1c1ncc(Br)c(Cl)c1Br. The molecule has 1 atom stereocenters. The highest BCUT2D eigenvalue weighted by molar-refractivity contribution is 9.11. The molecular formula is C10H8Br2Cl2N2O3S. The maximum Gasteiger partial charge on any atom is 0.232 e. The van der Waals surface area contributed by atoms with Crippen molar-refractivity contribution in [2.75, 3.05) is 17.2 Å². The summed E-state index contributed by atoms with van der Waals surface area (Å²) < 4.78 is 23.3. The van der Waals surface area contributed by atoms with Crippen molar-refractivity contribution in [3.8, 4) is 0 Å². The first-order chi connectivity index (χ1) is 9.19. The van der Waals surface area contributed by atoms with Gasteiger partial charge in [-0.05, 0) is 31.9 Å². The molecule has 1 aromatic rings. The van der Waals surface area contributed by atoms with Crippen LogP contribution in [-0.2, 0) is 13.8 Å². The summed E-state index contributed by atoms with van der Waals surface area (Å²) >= 11 is 12.6. The zero-order valence-corrected chi connectivity index (χ0v) is 15.3. The first-order valence-electron chi connectivity index (χ1n) is 5.41. The predicted molar refractivity (Wildman–Crippen MR) is 84.7 cm³/mol. The van der Waals surface area contributed by atoms with Crippen LogP contribution in [0.1, 0.15) is 6.42 Å². The van der Waals surface area contributed by atoms with Crippen LogP contribution in [0.15, 0.2) is 15.1 Å². The average Bonchev–Trinajstić information content (AvgIpc) is 2.65. The van der Waals surface area contributed by atoms with E-state index in [9.17, 15) is 13.2 Å². The molecule has 1 aromatic heterocycles. The van der Waals surface area contributed by atoms with Crippen LogP contribution in [0.3, 0.4) is 0 Å². The first-order valence-corrected chi connectivity index (χ1v) is 9.85. The van der Waals surface area contributed by atoms with Crippen LogP contribution in [0.4, 0.5) is 5.82 Å². The molecule has 1 saturated heterocycles. The predicted octanol–water partition coefficient (Wildman–Crippen LogP) is 3.18. The molecule has 10 heteroatoms. The Bertz CT molecular complexity index is 669. The molecule has 1 aliphatic rings. The van der Waals surface area contributed by atoms with E-state index in [2.05, 4.69) is 36.8 Å². The maximum atomic E-state index is 12.0. The molecule has 1 aliphatic heterocycles. The van der Waals surface area contributed by atoms with E-state index in [0.717, 1.165) is 0 Å². The van der Waals surface area contributed by atoms with Gasteiger partial charge in [-0.3, -0.25) is 9.69 Å². The van der Waals surface area contributed by atoms with Gasteiger partial charge in [0.25, 0.3) is 0 Å². The molecule has 5 nitrogen and oxygen atoms in total. The normalized spacial score (nSPS) is 19.7. The van der Waals surface area contributed by atoms with Crippen LogP contribution >= 0.6 is 54.1 Å². The lowest BCUT2D eigenvalue weighted by atomic mass is 10.1. The summed E-state index contributed by atoms with van der Waals surface area (Å²) in [4.78, 5) is 17.6. The number of hydrogen-bond acceptors (Lipinski definition) is 4. The molecule has 0 spiro atoms. The maximum absolute atomic E-state index is 12.0. The average molecular weight is 467 g/mol. The van der Waals surface area contributed by atoms with Gasteiger partial charge in [0.05, 0.1) is 19.7 Å². The molecule has 0 aromatic carbocycles. The van der Waals surface area contributed by atoms with Gasteiger partial charge in [0.2, 0.25) is 15.0 Å². The monoisotopic (exact) mass is 464 g/mol. The molecule has 0 bridgehead atoms. The van der Waals surface area contributed by atoms with Gasteiger partial charge >= 0.3 is 0 Å². The van der Waals surface area contributed by atoms with Crippen LogP contribution < -0.4 is 4.90 Å². The van der Waals surface area contributed by atoms with Gasteiger partial charge in [0.1, 0.15) is 0 Å². The third-order valence-corrected chi connectivity index (χ3v) is 6.24. The highest BCUT2D eigenvalue weighted by atomic mass is 79.9. The van der Waals surface area contributed by atoms with Gasteiger partial charge in [0, 0.05) is 35.8 Å². The molecule has 0 aliphatic carbocycles. The third-order valence-electron chi connectivity index (χ3n) is 2.79. The minimum atomic E-state index is -3.63. The highest BCUT2D eigenvalue weighted by Gasteiger charge is 2.35. The van der Waals surface area contributed by atoms with Crippen LogP contribution in [0.25, 0.3) is 0 Å². The van der Waals surface area contributed by atoms with Gasteiger partial charge in [-0.15, -0.1) is 0 Å². The zero-order chi connectivity index (χ0) is 15.1. The number of anilines is 1. The largest absolute Gasteiger partial charge is 0.296 e. The second-order valence-corrected chi connectivity index (χ2v) is 9.18. The Morgan fingerprint density at radius 3 is 2.70 bits per heavy atom. The van der Waals surface area contributed by atoms with Gasteiger partial charge in [0.15, 0.2) is 5.82 Å². The molecule has 1 unspecified atom stereocenters. The molecule has 2 heterocycles. The van der Waals surface area contributed by atoms with Crippen molar-refractivity contribution in [1.82, 2.24) is 4.98 Å². The van der Waals surface area contributed by atoms with E-state index in [1.807, 2.05) is 0 Å². The number of halogens is 4. The summed E-state index contributed by atoms with van der Waals surface area (Å²) in [6.07, 6.45) is 1.61. The molecule has 1 fully saturated rings. The fourth-order valence-corrected chi connectivity index (χ4v) is 4.55. The number of aromatic nitrogens is 1. The first kappa shape index (κ1) is 16.5. The van der Waals surface area contributed by atoms with E-state index in [0.29, 0.717) is 19.8 Å². The number of amides is 1. The van der Waals surface area contributed by atoms with Crippen molar-refractivity contribution in [3.05, 3.63) is 20.2 Å². The van der Waals surface area contributed by atoms with Crippen LogP contribution in [0.5, 0.6) is 0 Å². The molecule has 20 heavy (non-hydrogen) atoms. The summed E-state index contributed by atoms with van der Waals surface area (Å²) in [5.41, 5.74) is 0. The fourth-order valence-electron chi connectivity index (χ4n) is 2.00. The molecule has 0 saturated carbocycles. The summed E-state index contributed by atoms with van der Waals surface area (Å²) in [6, 6.07) is 0. The number of rotatable bonds is 3. The molecular weight excluding hydrogens is 459 g/mol. The number of pyridine rings is 1. The van der Waals surface area contributed by atoms with E-state index >= 15 is 0 Å². The van der Waals surface area contributed by atoms with Crippen molar-refractivity contribution in [2.24, 2.45) is 5.92 Å². The van der Waals surface area contributed by atoms with Crippen molar-refractivity contribution in [3.63, 3.8) is 0 Å². The van der Waals surface area contributed by atoms with Gasteiger partial charge in [-0.1, -0.05) is 11.6 Å². The molecule has 0 radical (unpaired) electrons. The minimum Gasteiger partial charge on any atom is -0.296 e. The van der Waals surface area contributed by atoms with Crippen LogP contribution in [-0.4, -0.2) is 31.6 Å². The fraction of sp³-hybridized carbons (Fsp3) is 0.400. The van der Waals surface area contributed by atoms with Crippen molar-refractivity contribution >= 4 is 74.9 Å². The van der Waals surface area contributed by atoms with E-state index in [1.54, 1.807) is 0 Å².